The average molecular weight is 276 g/mol. The Bertz CT molecular complexity index is 719. The molecule has 0 saturated heterocycles. The Hall–Kier alpha value is -2.96. The number of carbonyl (C=O) groups excluding carboxylic acids is 1. The van der Waals surface area contributed by atoms with E-state index < -0.39 is 17.7 Å². The minimum Gasteiger partial charge on any atom is -0.478 e. The minimum atomic E-state index is -1.29. The van der Waals surface area contributed by atoms with Crippen LogP contribution in [0.4, 0.5) is 10.1 Å². The molecule has 1 heterocycles. The Kier molecular flexibility index (Phi) is 3.60. The lowest BCUT2D eigenvalue weighted by molar-refractivity contribution is 0.0698. The smallest absolute Gasteiger partial charge is 0.337 e. The van der Waals surface area contributed by atoms with E-state index in [4.69, 9.17) is 5.11 Å². The van der Waals surface area contributed by atoms with Gasteiger partial charge in [-0.3, -0.25) is 9.59 Å². The van der Waals surface area contributed by atoms with Crippen LogP contribution in [0.1, 0.15) is 20.7 Å². The maximum Gasteiger partial charge on any atom is 0.337 e. The van der Waals surface area contributed by atoms with Crippen LogP contribution < -0.4 is 10.9 Å². The van der Waals surface area contributed by atoms with Crippen molar-refractivity contribution in [3.63, 3.8) is 0 Å². The van der Waals surface area contributed by atoms with Crippen molar-refractivity contribution >= 4 is 17.6 Å². The van der Waals surface area contributed by atoms with Gasteiger partial charge in [0.1, 0.15) is 5.82 Å². The van der Waals surface area contributed by atoms with Crippen molar-refractivity contribution in [2.24, 2.45) is 0 Å². The number of halogens is 1. The average Bonchev–Trinajstić information content (AvgIpc) is 2.39. The number of anilines is 1. The zero-order valence-corrected chi connectivity index (χ0v) is 10.0. The number of carbonyl (C=O) groups is 2. The highest BCUT2D eigenvalue weighted by Gasteiger charge is 2.14. The molecule has 0 unspecified atom stereocenters. The lowest BCUT2D eigenvalue weighted by Gasteiger charge is -2.08. The van der Waals surface area contributed by atoms with E-state index in [9.17, 15) is 18.8 Å². The van der Waals surface area contributed by atoms with Crippen LogP contribution in [-0.2, 0) is 0 Å². The fourth-order valence-electron chi connectivity index (χ4n) is 1.55. The van der Waals surface area contributed by atoms with Crippen LogP contribution in [0.3, 0.4) is 0 Å². The van der Waals surface area contributed by atoms with Gasteiger partial charge in [-0.05, 0) is 24.3 Å². The van der Waals surface area contributed by atoms with Crippen LogP contribution >= 0.6 is 0 Å². The summed E-state index contributed by atoms with van der Waals surface area (Å²) in [6, 6.07) is 5.37. The fraction of sp³-hybridized carbons (Fsp3) is 0. The third-order valence-corrected chi connectivity index (χ3v) is 2.51. The molecule has 0 saturated carbocycles. The molecule has 0 bridgehead atoms. The standard InChI is InChI=1S/C13H9FN2O4/c14-8-2-3-9(13(19)20)10(5-8)16-12(18)7-1-4-11(17)15-6-7/h1-6H,(H,15,17)(H,16,18)(H,19,20). The van der Waals surface area contributed by atoms with Gasteiger partial charge in [-0.25, -0.2) is 9.18 Å². The third kappa shape index (κ3) is 2.89. The van der Waals surface area contributed by atoms with Gasteiger partial charge in [-0.2, -0.15) is 0 Å². The molecule has 0 aliphatic carbocycles. The van der Waals surface area contributed by atoms with Gasteiger partial charge in [0.15, 0.2) is 0 Å². The minimum absolute atomic E-state index is 0.116. The number of benzene rings is 1. The fourth-order valence-corrected chi connectivity index (χ4v) is 1.55. The van der Waals surface area contributed by atoms with E-state index in [1.807, 2.05) is 0 Å². The molecule has 1 amide bonds. The lowest BCUT2D eigenvalue weighted by atomic mass is 10.1. The van der Waals surface area contributed by atoms with Gasteiger partial charge in [0.05, 0.1) is 16.8 Å². The molecule has 2 rings (SSSR count). The molecule has 0 atom stereocenters. The normalized spacial score (nSPS) is 10.1. The number of amides is 1. The number of aromatic amines is 1. The summed E-state index contributed by atoms with van der Waals surface area (Å²) in [5.74, 6) is -2.62. The third-order valence-electron chi connectivity index (χ3n) is 2.51. The highest BCUT2D eigenvalue weighted by atomic mass is 19.1. The summed E-state index contributed by atoms with van der Waals surface area (Å²) in [6.07, 6.45) is 1.18. The van der Waals surface area contributed by atoms with Gasteiger partial charge >= 0.3 is 5.97 Å². The van der Waals surface area contributed by atoms with Crippen molar-refractivity contribution in [3.05, 3.63) is 63.8 Å². The molecule has 0 radical (unpaired) electrons. The summed E-state index contributed by atoms with van der Waals surface area (Å²) in [7, 11) is 0. The Morgan fingerprint density at radius 2 is 1.95 bits per heavy atom. The molecule has 0 aliphatic heterocycles. The Labute approximate surface area is 111 Å². The molecule has 20 heavy (non-hydrogen) atoms. The van der Waals surface area contributed by atoms with E-state index in [0.717, 1.165) is 24.3 Å². The maximum atomic E-state index is 13.1. The zero-order valence-electron chi connectivity index (χ0n) is 10.0. The van der Waals surface area contributed by atoms with E-state index in [2.05, 4.69) is 10.3 Å². The van der Waals surface area contributed by atoms with Gasteiger partial charge in [0.25, 0.3) is 5.91 Å². The number of carboxylic acid groups (broad SMARTS) is 1. The van der Waals surface area contributed by atoms with E-state index in [0.29, 0.717) is 0 Å². The van der Waals surface area contributed by atoms with Crippen LogP contribution in [0.5, 0.6) is 0 Å². The van der Waals surface area contributed by atoms with Gasteiger partial charge in [-0.15, -0.1) is 0 Å². The number of carboxylic acids is 1. The van der Waals surface area contributed by atoms with Crippen molar-refractivity contribution < 1.29 is 19.1 Å². The number of H-pyrrole nitrogens is 1. The van der Waals surface area contributed by atoms with Crippen LogP contribution in [0.25, 0.3) is 0 Å². The van der Waals surface area contributed by atoms with Crippen LogP contribution in [-0.4, -0.2) is 22.0 Å². The summed E-state index contributed by atoms with van der Waals surface area (Å²) in [5, 5.41) is 11.2. The molecule has 2 aromatic rings. The number of hydrogen-bond acceptors (Lipinski definition) is 3. The molecule has 0 spiro atoms. The van der Waals surface area contributed by atoms with Gasteiger partial charge in [-0.1, -0.05) is 0 Å². The van der Waals surface area contributed by atoms with Crippen molar-refractivity contribution in [1.29, 1.82) is 0 Å². The van der Waals surface area contributed by atoms with Crippen molar-refractivity contribution in [3.8, 4) is 0 Å². The highest BCUT2D eigenvalue weighted by Crippen LogP contribution is 2.18. The summed E-state index contributed by atoms with van der Waals surface area (Å²) >= 11 is 0. The molecule has 102 valence electrons. The van der Waals surface area contributed by atoms with Crippen LogP contribution in [0.2, 0.25) is 0 Å². The predicted octanol–water partition coefficient (Wildman–Crippen LogP) is 1.46. The summed E-state index contributed by atoms with van der Waals surface area (Å²) in [4.78, 5) is 36.0. The molecular formula is C13H9FN2O4. The lowest BCUT2D eigenvalue weighted by Crippen LogP contribution is -2.16. The van der Waals surface area contributed by atoms with E-state index in [-0.39, 0.29) is 22.4 Å². The van der Waals surface area contributed by atoms with Crippen molar-refractivity contribution in [1.82, 2.24) is 4.98 Å². The van der Waals surface area contributed by atoms with E-state index >= 15 is 0 Å². The topological polar surface area (TPSA) is 99.3 Å². The molecule has 3 N–H and O–H groups in total. The number of hydrogen-bond donors (Lipinski definition) is 3. The number of aromatic carboxylic acids is 1. The van der Waals surface area contributed by atoms with Crippen molar-refractivity contribution in [2.45, 2.75) is 0 Å². The summed E-state index contributed by atoms with van der Waals surface area (Å²) in [6.45, 7) is 0. The SMILES string of the molecule is O=C(Nc1cc(F)ccc1C(=O)O)c1ccc(=O)[nH]c1. The van der Waals surface area contributed by atoms with Gasteiger partial charge in [0, 0.05) is 12.3 Å². The zero-order chi connectivity index (χ0) is 14.7. The molecular weight excluding hydrogens is 267 g/mol. The number of nitrogens with one attached hydrogen (secondary N) is 2. The first-order chi connectivity index (χ1) is 9.47. The molecule has 7 heteroatoms. The van der Waals surface area contributed by atoms with Gasteiger partial charge < -0.3 is 15.4 Å². The molecule has 0 aliphatic rings. The monoisotopic (exact) mass is 276 g/mol. The first-order valence-corrected chi connectivity index (χ1v) is 5.50. The Morgan fingerprint density at radius 1 is 1.20 bits per heavy atom. The van der Waals surface area contributed by atoms with E-state index in [1.54, 1.807) is 0 Å². The molecule has 0 fully saturated rings. The second-order valence-corrected chi connectivity index (χ2v) is 3.89. The first-order valence-electron chi connectivity index (χ1n) is 5.50. The largest absolute Gasteiger partial charge is 0.478 e. The predicted molar refractivity (Wildman–Crippen MR) is 68.4 cm³/mol. The quantitative estimate of drug-likeness (QED) is 0.790. The number of pyridine rings is 1. The second-order valence-electron chi connectivity index (χ2n) is 3.89. The molecule has 1 aromatic heterocycles. The number of rotatable bonds is 3. The van der Waals surface area contributed by atoms with Crippen molar-refractivity contribution in [2.75, 3.05) is 5.32 Å². The van der Waals surface area contributed by atoms with Crippen LogP contribution in [0.15, 0.2) is 41.3 Å². The molecule has 6 nitrogen and oxygen atoms in total. The highest BCUT2D eigenvalue weighted by molar-refractivity contribution is 6.07. The second kappa shape index (κ2) is 5.35. The Morgan fingerprint density at radius 3 is 2.55 bits per heavy atom. The van der Waals surface area contributed by atoms with E-state index in [1.165, 1.54) is 12.3 Å². The Balaban J connectivity index is 2.32. The maximum absolute atomic E-state index is 13.1. The first kappa shape index (κ1) is 13.5. The summed E-state index contributed by atoms with van der Waals surface area (Å²) < 4.78 is 13.1. The molecule has 1 aromatic carbocycles. The van der Waals surface area contributed by atoms with Crippen LogP contribution in [0, 0.1) is 5.82 Å². The van der Waals surface area contributed by atoms with Gasteiger partial charge in [0.2, 0.25) is 5.56 Å². The summed E-state index contributed by atoms with van der Waals surface area (Å²) in [5.41, 5.74) is -0.651. The number of aromatic nitrogens is 1.